The second kappa shape index (κ2) is 18.2. The van der Waals surface area contributed by atoms with Gasteiger partial charge in [0, 0.05) is 65.1 Å². The second-order valence-electron chi connectivity index (χ2n) is 22.3. The molecule has 0 aliphatic carbocycles. The average molecular weight is 1080 g/mol. The van der Waals surface area contributed by atoms with E-state index in [0.717, 1.165) is 138 Å². The van der Waals surface area contributed by atoms with Crippen molar-refractivity contribution in [1.82, 2.24) is 22.8 Å². The van der Waals surface area contributed by atoms with Crippen molar-refractivity contribution in [2.75, 3.05) is 0 Å². The van der Waals surface area contributed by atoms with Crippen LogP contribution in [0, 0.1) is 11.3 Å². The minimum atomic E-state index is 0.589. The first-order chi connectivity index (χ1) is 42.2. The van der Waals surface area contributed by atoms with Gasteiger partial charge >= 0.3 is 0 Å². The first kappa shape index (κ1) is 47.0. The van der Waals surface area contributed by atoms with Crippen LogP contribution in [-0.4, -0.2) is 22.8 Å². The fourth-order valence-electron chi connectivity index (χ4n) is 14.3. The van der Waals surface area contributed by atoms with Crippen LogP contribution in [0.4, 0.5) is 0 Å². The molecule has 18 aromatic rings. The smallest absolute Gasteiger partial charge is 0.0991 e. The number of hydrogen-bond donors (Lipinski definition) is 0. The Morgan fingerprint density at radius 3 is 1.00 bits per heavy atom. The summed E-state index contributed by atoms with van der Waals surface area (Å²) in [6, 6.07) is 109. The fourth-order valence-corrected chi connectivity index (χ4v) is 14.3. The van der Waals surface area contributed by atoms with E-state index >= 15 is 0 Å². The van der Waals surface area contributed by atoms with Crippen molar-refractivity contribution in [1.29, 1.82) is 5.26 Å². The van der Waals surface area contributed by atoms with E-state index in [1.165, 1.54) is 21.8 Å². The lowest BCUT2D eigenvalue weighted by molar-refractivity contribution is 1.02. The molecule has 18 rings (SSSR count). The Morgan fingerprint density at radius 2 is 0.565 bits per heavy atom. The number of benzene rings is 13. The van der Waals surface area contributed by atoms with Gasteiger partial charge in [0.05, 0.1) is 89.5 Å². The van der Waals surface area contributed by atoms with Crippen LogP contribution in [0.1, 0.15) is 5.56 Å². The molecule has 0 aliphatic heterocycles. The summed E-state index contributed by atoms with van der Waals surface area (Å²) in [5, 5.41) is 22.4. The van der Waals surface area contributed by atoms with Crippen LogP contribution < -0.4 is 0 Å². The first-order valence-corrected chi connectivity index (χ1v) is 29.0. The van der Waals surface area contributed by atoms with Crippen LogP contribution in [0.2, 0.25) is 0 Å². The lowest BCUT2D eigenvalue weighted by Gasteiger charge is -2.28. The van der Waals surface area contributed by atoms with E-state index in [-0.39, 0.29) is 0 Å². The molecule has 5 aromatic heterocycles. The van der Waals surface area contributed by atoms with Crippen LogP contribution >= 0.6 is 0 Å². The third-order valence-electron chi connectivity index (χ3n) is 17.9. The van der Waals surface area contributed by atoms with E-state index < -0.39 is 0 Å². The van der Waals surface area contributed by atoms with E-state index in [0.29, 0.717) is 5.56 Å². The predicted molar refractivity (Wildman–Crippen MR) is 354 cm³/mol. The molecule has 5 heterocycles. The van der Waals surface area contributed by atoms with Gasteiger partial charge in [-0.3, -0.25) is 0 Å². The van der Waals surface area contributed by atoms with E-state index in [1.54, 1.807) is 0 Å². The van der Waals surface area contributed by atoms with Gasteiger partial charge in [-0.1, -0.05) is 188 Å². The first-order valence-electron chi connectivity index (χ1n) is 29.0. The number of para-hydroxylation sites is 9. The van der Waals surface area contributed by atoms with E-state index in [1.807, 2.05) is 12.1 Å². The highest BCUT2D eigenvalue weighted by Crippen LogP contribution is 2.50. The van der Waals surface area contributed by atoms with Gasteiger partial charge in [0.1, 0.15) is 0 Å². The third-order valence-corrected chi connectivity index (χ3v) is 17.9. The summed E-state index contributed by atoms with van der Waals surface area (Å²) in [7, 11) is 0. The molecule has 13 aromatic carbocycles. The van der Waals surface area contributed by atoms with E-state index in [2.05, 4.69) is 308 Å². The minimum absolute atomic E-state index is 0.589. The van der Waals surface area contributed by atoms with Crippen LogP contribution in [0.25, 0.3) is 160 Å². The molecule has 0 N–H and O–H groups in total. The van der Waals surface area contributed by atoms with Crippen molar-refractivity contribution in [2.45, 2.75) is 0 Å². The van der Waals surface area contributed by atoms with Crippen LogP contribution in [0.3, 0.4) is 0 Å². The van der Waals surface area contributed by atoms with Gasteiger partial charge in [0.15, 0.2) is 0 Å². The summed E-state index contributed by atoms with van der Waals surface area (Å²) in [5.41, 5.74) is 20.9. The van der Waals surface area contributed by atoms with Crippen molar-refractivity contribution in [2.24, 2.45) is 0 Å². The van der Waals surface area contributed by atoms with Crippen molar-refractivity contribution in [3.63, 3.8) is 0 Å². The number of fused-ring (bicyclic) bond motifs is 15. The van der Waals surface area contributed by atoms with Gasteiger partial charge in [-0.2, -0.15) is 5.26 Å². The van der Waals surface area contributed by atoms with Gasteiger partial charge < -0.3 is 22.8 Å². The molecule has 6 nitrogen and oxygen atoms in total. The maximum Gasteiger partial charge on any atom is 0.0991 e. The molecule has 0 unspecified atom stereocenters. The van der Waals surface area contributed by atoms with Crippen molar-refractivity contribution < 1.29 is 0 Å². The van der Waals surface area contributed by atoms with Crippen LogP contribution in [0.5, 0.6) is 0 Å². The van der Waals surface area contributed by atoms with E-state index in [9.17, 15) is 5.26 Å². The topological polar surface area (TPSA) is 48.4 Å². The Kier molecular flexibility index (Phi) is 10.1. The molecule has 6 heteroatoms. The molecular weight excluding hydrogens is 1030 g/mol. The van der Waals surface area contributed by atoms with Gasteiger partial charge in [0.25, 0.3) is 0 Å². The highest BCUT2D eigenvalue weighted by atomic mass is 15.1. The maximum absolute atomic E-state index is 10.8. The van der Waals surface area contributed by atoms with Crippen molar-refractivity contribution in [3.05, 3.63) is 297 Å². The summed E-state index contributed by atoms with van der Waals surface area (Å²) >= 11 is 0. The third kappa shape index (κ3) is 6.75. The zero-order valence-electron chi connectivity index (χ0n) is 45.9. The Labute approximate surface area is 488 Å². The lowest BCUT2D eigenvalue weighted by Crippen LogP contribution is -2.14. The quantitative estimate of drug-likeness (QED) is 0.157. The minimum Gasteiger partial charge on any atom is -0.309 e. The molecule has 0 radical (unpaired) electrons. The summed E-state index contributed by atoms with van der Waals surface area (Å²) in [4.78, 5) is 0. The molecule has 0 fully saturated rings. The lowest BCUT2D eigenvalue weighted by atomic mass is 9.97. The molecule has 0 bridgehead atoms. The van der Waals surface area contributed by atoms with Gasteiger partial charge in [-0.05, 0) is 120 Å². The fraction of sp³-hybridized carbons (Fsp3) is 0. The number of nitriles is 1. The molecule has 0 amide bonds. The maximum atomic E-state index is 10.8. The van der Waals surface area contributed by atoms with Gasteiger partial charge in [-0.15, -0.1) is 0 Å². The molecule has 85 heavy (non-hydrogen) atoms. The zero-order valence-corrected chi connectivity index (χ0v) is 45.9. The van der Waals surface area contributed by atoms with Crippen molar-refractivity contribution >= 4 is 109 Å². The summed E-state index contributed by atoms with van der Waals surface area (Å²) in [6.07, 6.45) is 0. The molecule has 0 saturated carbocycles. The number of aromatic nitrogens is 5. The van der Waals surface area contributed by atoms with Crippen molar-refractivity contribution in [3.8, 4) is 56.8 Å². The Hall–Kier alpha value is -11.7. The normalized spacial score (nSPS) is 12.0. The molecular formula is C79H48N6. The Morgan fingerprint density at radius 1 is 0.224 bits per heavy atom. The predicted octanol–water partition coefficient (Wildman–Crippen LogP) is 20.4. The summed E-state index contributed by atoms with van der Waals surface area (Å²) in [5.74, 6) is 0. The molecule has 0 atom stereocenters. The molecule has 0 saturated heterocycles. The van der Waals surface area contributed by atoms with Crippen LogP contribution in [0.15, 0.2) is 291 Å². The monoisotopic (exact) mass is 1080 g/mol. The van der Waals surface area contributed by atoms with E-state index in [4.69, 9.17) is 0 Å². The van der Waals surface area contributed by atoms with Crippen LogP contribution in [-0.2, 0) is 0 Å². The highest BCUT2D eigenvalue weighted by molar-refractivity contribution is 6.17. The van der Waals surface area contributed by atoms with Gasteiger partial charge in [0.2, 0.25) is 0 Å². The molecule has 0 aliphatic rings. The SMILES string of the molecule is N#Cc1cccc(-c2cc(-n3c4ccccc4c4ccccc43)c(-n3c4ccccc4c4cc(-c5ccc6c(c5)c5ccccc5n6-c5ccccc5)ccc43)c(-n3c4ccccc4c4ccccc43)c2-n2c3ccccc3c3ccccc32)c1. The number of rotatable bonds is 7. The molecule has 394 valence electrons. The Balaban J connectivity index is 1.05. The highest BCUT2D eigenvalue weighted by Gasteiger charge is 2.32. The summed E-state index contributed by atoms with van der Waals surface area (Å²) in [6.45, 7) is 0. The average Bonchev–Trinajstić information content (AvgIpc) is 1.75. The number of hydrogen-bond acceptors (Lipinski definition) is 1. The summed E-state index contributed by atoms with van der Waals surface area (Å²) < 4.78 is 12.5. The standard InChI is InChI=1S/C79H48N6/c80-49-50-21-20-22-53(45-50)63-48-76(82-67-34-13-4-25-55(67)56-26-5-14-35-68(56)82)78(79(85-71-38-17-8-29-59(71)60-30-9-18-39-72(60)85)77(63)83-69-36-15-6-27-57(69)58-28-7-16-37-70(58)83)84-73-40-19-11-32-62(73)65-47-52(42-44-75(65)84)51-41-43-74-64(46-51)61-31-10-12-33-66(61)81(74)54-23-2-1-3-24-54/h1-48H. The largest absolute Gasteiger partial charge is 0.309 e. The Bertz CT molecular complexity index is 5710. The number of nitrogens with zero attached hydrogens (tertiary/aromatic N) is 6. The second-order valence-corrected chi connectivity index (χ2v) is 22.3. The molecule has 0 spiro atoms. The van der Waals surface area contributed by atoms with Gasteiger partial charge in [-0.25, -0.2) is 0 Å². The zero-order chi connectivity index (χ0) is 55.9.